The van der Waals surface area contributed by atoms with Crippen molar-refractivity contribution < 1.29 is 4.74 Å². The van der Waals surface area contributed by atoms with Crippen LogP contribution >= 0.6 is 0 Å². The normalized spacial score (nSPS) is 42.9. The maximum Gasteiger partial charge on any atom is 0.282 e. The quantitative estimate of drug-likeness (QED) is 0.656. The van der Waals surface area contributed by atoms with Crippen LogP contribution in [-0.2, 0) is 4.74 Å². The number of hydrogen-bond acceptors (Lipinski definition) is 4. The standard InChI is InChI=1S/C10H17N3O/c1-7-4-10(6-14-9(11)12-10)5-13(7)8-2-3-8/h7-8H,2-6H2,1H3,(H2,11,12). The van der Waals surface area contributed by atoms with E-state index in [1.807, 2.05) is 0 Å². The van der Waals surface area contributed by atoms with Crippen LogP contribution in [0.3, 0.4) is 0 Å². The number of rotatable bonds is 1. The zero-order valence-corrected chi connectivity index (χ0v) is 8.57. The van der Waals surface area contributed by atoms with Gasteiger partial charge in [0.05, 0.1) is 0 Å². The van der Waals surface area contributed by atoms with Crippen molar-refractivity contribution in [3.63, 3.8) is 0 Å². The SMILES string of the molecule is CC1CC2(COC(N)=N2)CN1C1CC1. The molecule has 1 saturated heterocycles. The summed E-state index contributed by atoms with van der Waals surface area (Å²) in [5.74, 6) is 0. The van der Waals surface area contributed by atoms with Crippen molar-refractivity contribution in [3.05, 3.63) is 0 Å². The Balaban J connectivity index is 1.78. The van der Waals surface area contributed by atoms with Crippen molar-refractivity contribution >= 4 is 6.02 Å². The molecule has 2 fully saturated rings. The first-order chi connectivity index (χ1) is 6.69. The Morgan fingerprint density at radius 1 is 1.57 bits per heavy atom. The topological polar surface area (TPSA) is 50.9 Å². The van der Waals surface area contributed by atoms with Gasteiger partial charge in [-0.2, -0.15) is 0 Å². The van der Waals surface area contributed by atoms with Crippen LogP contribution in [0.1, 0.15) is 26.2 Å². The molecule has 2 unspecified atom stereocenters. The third kappa shape index (κ3) is 1.21. The summed E-state index contributed by atoms with van der Waals surface area (Å²) >= 11 is 0. The first kappa shape index (κ1) is 8.53. The fourth-order valence-electron chi connectivity index (χ4n) is 2.81. The summed E-state index contributed by atoms with van der Waals surface area (Å²) in [6.07, 6.45) is 3.82. The minimum atomic E-state index is -0.00785. The Kier molecular flexibility index (Phi) is 1.60. The molecule has 1 saturated carbocycles. The van der Waals surface area contributed by atoms with E-state index < -0.39 is 0 Å². The van der Waals surface area contributed by atoms with Crippen molar-refractivity contribution in [2.24, 2.45) is 10.7 Å². The van der Waals surface area contributed by atoms with Gasteiger partial charge in [-0.05, 0) is 26.2 Å². The zero-order chi connectivity index (χ0) is 9.76. The van der Waals surface area contributed by atoms with E-state index in [1.54, 1.807) is 0 Å². The number of ether oxygens (including phenoxy) is 1. The molecule has 2 aliphatic heterocycles. The van der Waals surface area contributed by atoms with E-state index in [-0.39, 0.29) is 5.54 Å². The maximum atomic E-state index is 5.58. The fourth-order valence-corrected chi connectivity index (χ4v) is 2.81. The van der Waals surface area contributed by atoms with Crippen molar-refractivity contribution in [3.8, 4) is 0 Å². The molecule has 2 N–H and O–H groups in total. The Hall–Kier alpha value is -0.770. The van der Waals surface area contributed by atoms with Crippen LogP contribution in [0.4, 0.5) is 0 Å². The van der Waals surface area contributed by atoms with E-state index in [1.165, 1.54) is 12.8 Å². The molecule has 0 bridgehead atoms. The van der Waals surface area contributed by atoms with Crippen LogP contribution in [0.5, 0.6) is 0 Å². The average Bonchev–Trinajstić information content (AvgIpc) is 2.84. The van der Waals surface area contributed by atoms with Gasteiger partial charge in [-0.3, -0.25) is 4.90 Å². The van der Waals surface area contributed by atoms with Crippen LogP contribution in [-0.4, -0.2) is 41.7 Å². The minimum Gasteiger partial charge on any atom is -0.463 e. The number of amidine groups is 1. The lowest BCUT2D eigenvalue weighted by atomic mass is 9.99. The van der Waals surface area contributed by atoms with Gasteiger partial charge in [0.15, 0.2) is 0 Å². The molecule has 78 valence electrons. The van der Waals surface area contributed by atoms with E-state index in [4.69, 9.17) is 10.5 Å². The van der Waals surface area contributed by atoms with Gasteiger partial charge in [0, 0.05) is 18.6 Å². The van der Waals surface area contributed by atoms with Crippen molar-refractivity contribution in [1.29, 1.82) is 0 Å². The van der Waals surface area contributed by atoms with Crippen LogP contribution < -0.4 is 5.73 Å². The van der Waals surface area contributed by atoms with Gasteiger partial charge < -0.3 is 10.5 Å². The van der Waals surface area contributed by atoms with Crippen LogP contribution in [0.2, 0.25) is 0 Å². The second-order valence-electron chi connectivity index (χ2n) is 4.92. The summed E-state index contributed by atoms with van der Waals surface area (Å²) in [5, 5.41) is 0. The number of nitrogens with two attached hydrogens (primary N) is 1. The van der Waals surface area contributed by atoms with E-state index in [2.05, 4.69) is 16.8 Å². The van der Waals surface area contributed by atoms with Gasteiger partial charge in [0.25, 0.3) is 6.02 Å². The summed E-state index contributed by atoms with van der Waals surface area (Å²) in [6.45, 7) is 4.02. The van der Waals surface area contributed by atoms with Gasteiger partial charge in [0.2, 0.25) is 0 Å². The third-order valence-corrected chi connectivity index (χ3v) is 3.57. The summed E-state index contributed by atoms with van der Waals surface area (Å²) < 4.78 is 5.29. The molecular weight excluding hydrogens is 178 g/mol. The molecule has 2 atom stereocenters. The molecule has 3 rings (SSSR count). The zero-order valence-electron chi connectivity index (χ0n) is 8.57. The van der Waals surface area contributed by atoms with Gasteiger partial charge in [-0.25, -0.2) is 4.99 Å². The van der Waals surface area contributed by atoms with Gasteiger partial charge in [0.1, 0.15) is 12.1 Å². The summed E-state index contributed by atoms with van der Waals surface area (Å²) in [7, 11) is 0. The third-order valence-electron chi connectivity index (χ3n) is 3.57. The largest absolute Gasteiger partial charge is 0.463 e. The monoisotopic (exact) mass is 195 g/mol. The number of aliphatic imine (C=N–C) groups is 1. The summed E-state index contributed by atoms with van der Waals surface area (Å²) in [5.41, 5.74) is 5.57. The van der Waals surface area contributed by atoms with Crippen molar-refractivity contribution in [2.75, 3.05) is 13.2 Å². The molecule has 14 heavy (non-hydrogen) atoms. The highest BCUT2D eigenvalue weighted by molar-refractivity contribution is 5.73. The lowest BCUT2D eigenvalue weighted by Crippen LogP contribution is -2.34. The predicted octanol–water partition coefficient (Wildman–Crippen LogP) is 0.327. The highest BCUT2D eigenvalue weighted by atomic mass is 16.5. The molecule has 0 radical (unpaired) electrons. The van der Waals surface area contributed by atoms with E-state index >= 15 is 0 Å². The minimum absolute atomic E-state index is 0.00785. The predicted molar refractivity (Wildman–Crippen MR) is 54.1 cm³/mol. The summed E-state index contributed by atoms with van der Waals surface area (Å²) in [4.78, 5) is 7.04. The highest BCUT2D eigenvalue weighted by Crippen LogP contribution is 2.40. The molecule has 0 aromatic rings. The van der Waals surface area contributed by atoms with Gasteiger partial charge in [-0.15, -0.1) is 0 Å². The molecule has 4 nitrogen and oxygen atoms in total. The van der Waals surface area contributed by atoms with Crippen LogP contribution in [0, 0.1) is 0 Å². The molecule has 2 heterocycles. The smallest absolute Gasteiger partial charge is 0.282 e. The molecule has 0 aromatic heterocycles. The van der Waals surface area contributed by atoms with E-state index in [0.717, 1.165) is 19.0 Å². The van der Waals surface area contributed by atoms with Gasteiger partial charge >= 0.3 is 0 Å². The average molecular weight is 195 g/mol. The molecule has 1 spiro atoms. The van der Waals surface area contributed by atoms with Gasteiger partial charge in [-0.1, -0.05) is 0 Å². The molecule has 3 aliphatic rings. The fraction of sp³-hybridized carbons (Fsp3) is 0.900. The van der Waals surface area contributed by atoms with Crippen LogP contribution in [0.25, 0.3) is 0 Å². The molecular formula is C10H17N3O. The van der Waals surface area contributed by atoms with Crippen molar-refractivity contribution in [1.82, 2.24) is 4.90 Å². The molecule has 1 aliphatic carbocycles. The Labute approximate surface area is 84.1 Å². The summed E-state index contributed by atoms with van der Waals surface area (Å²) in [6, 6.07) is 1.84. The first-order valence-electron chi connectivity index (χ1n) is 5.42. The number of likely N-dealkylation sites (tertiary alicyclic amines) is 1. The van der Waals surface area contributed by atoms with Crippen LogP contribution in [0.15, 0.2) is 4.99 Å². The molecule has 4 heteroatoms. The second kappa shape index (κ2) is 2.63. The van der Waals surface area contributed by atoms with E-state index in [0.29, 0.717) is 18.7 Å². The number of nitrogens with zero attached hydrogens (tertiary/aromatic N) is 2. The number of hydrogen-bond donors (Lipinski definition) is 1. The lowest BCUT2D eigenvalue weighted by molar-refractivity contribution is 0.227. The molecule has 0 amide bonds. The second-order valence-corrected chi connectivity index (χ2v) is 4.92. The van der Waals surface area contributed by atoms with Crippen molar-refractivity contribution in [2.45, 2.75) is 43.8 Å². The Bertz CT molecular complexity index is 287. The Morgan fingerprint density at radius 3 is 2.93 bits per heavy atom. The Morgan fingerprint density at radius 2 is 2.36 bits per heavy atom. The lowest BCUT2D eigenvalue weighted by Gasteiger charge is -2.20. The molecule has 0 aromatic carbocycles. The maximum absolute atomic E-state index is 5.58. The van der Waals surface area contributed by atoms with E-state index in [9.17, 15) is 0 Å². The highest BCUT2D eigenvalue weighted by Gasteiger charge is 2.49. The first-order valence-corrected chi connectivity index (χ1v) is 5.42.